The predicted octanol–water partition coefficient (Wildman–Crippen LogP) is 1.24. The minimum Gasteiger partial charge on any atom is -0.494 e. The highest BCUT2D eigenvalue weighted by molar-refractivity contribution is 5.21. The number of hydrogen-bond donors (Lipinski definition) is 1. The molecule has 1 aliphatic rings. The fourth-order valence-electron chi connectivity index (χ4n) is 1.80. The smallest absolute Gasteiger partial charge is 0.123 e. The lowest BCUT2D eigenvalue weighted by molar-refractivity contribution is 0.139. The van der Waals surface area contributed by atoms with Crippen LogP contribution in [-0.2, 0) is 0 Å². The van der Waals surface area contributed by atoms with E-state index in [1.54, 1.807) is 12.1 Å². The standard InChI is InChI=1S/C12H17FN2O/c13-10-2-4-12(5-3-10)16-7-1-6-15-8-11(14)9-15/h2-5,11H,1,6-9,14H2. The fraction of sp³-hybridized carbons (Fsp3) is 0.500. The van der Waals surface area contributed by atoms with Gasteiger partial charge in [0, 0.05) is 25.7 Å². The van der Waals surface area contributed by atoms with Crippen LogP contribution in [0.3, 0.4) is 0 Å². The Morgan fingerprint density at radius 2 is 2.00 bits per heavy atom. The Labute approximate surface area is 95.0 Å². The van der Waals surface area contributed by atoms with Crippen molar-refractivity contribution < 1.29 is 9.13 Å². The van der Waals surface area contributed by atoms with Gasteiger partial charge in [0.1, 0.15) is 11.6 Å². The number of nitrogens with two attached hydrogens (primary N) is 1. The van der Waals surface area contributed by atoms with Crippen LogP contribution in [0.4, 0.5) is 4.39 Å². The van der Waals surface area contributed by atoms with Crippen molar-refractivity contribution in [3.63, 3.8) is 0 Å². The Kier molecular flexibility index (Phi) is 3.74. The van der Waals surface area contributed by atoms with Crippen LogP contribution < -0.4 is 10.5 Å². The highest BCUT2D eigenvalue weighted by Crippen LogP contribution is 2.11. The molecule has 2 N–H and O–H groups in total. The van der Waals surface area contributed by atoms with Gasteiger partial charge in [0.15, 0.2) is 0 Å². The SMILES string of the molecule is NC1CN(CCCOc2ccc(F)cc2)C1. The van der Waals surface area contributed by atoms with Crippen molar-refractivity contribution in [2.45, 2.75) is 12.5 Å². The maximum Gasteiger partial charge on any atom is 0.123 e. The van der Waals surface area contributed by atoms with Crippen LogP contribution in [-0.4, -0.2) is 37.2 Å². The molecule has 4 heteroatoms. The van der Waals surface area contributed by atoms with Gasteiger partial charge in [0.05, 0.1) is 6.61 Å². The Bertz CT molecular complexity index is 322. The molecule has 0 unspecified atom stereocenters. The van der Waals surface area contributed by atoms with Gasteiger partial charge in [-0.2, -0.15) is 0 Å². The molecule has 16 heavy (non-hydrogen) atoms. The van der Waals surface area contributed by atoms with Gasteiger partial charge >= 0.3 is 0 Å². The van der Waals surface area contributed by atoms with Crippen LogP contribution in [0.2, 0.25) is 0 Å². The summed E-state index contributed by atoms with van der Waals surface area (Å²) in [5.74, 6) is 0.489. The zero-order valence-electron chi connectivity index (χ0n) is 9.23. The van der Waals surface area contributed by atoms with Crippen molar-refractivity contribution in [2.75, 3.05) is 26.2 Å². The number of likely N-dealkylation sites (tertiary alicyclic amines) is 1. The van der Waals surface area contributed by atoms with Crippen molar-refractivity contribution in [1.29, 1.82) is 0 Å². The molecule has 1 aliphatic heterocycles. The second kappa shape index (κ2) is 5.27. The van der Waals surface area contributed by atoms with Crippen LogP contribution in [0.1, 0.15) is 6.42 Å². The summed E-state index contributed by atoms with van der Waals surface area (Å²) in [5, 5.41) is 0. The first-order chi connectivity index (χ1) is 7.74. The number of rotatable bonds is 5. The maximum absolute atomic E-state index is 12.6. The molecule has 1 aromatic carbocycles. The molecule has 2 rings (SSSR count). The lowest BCUT2D eigenvalue weighted by atomic mass is 10.1. The first-order valence-electron chi connectivity index (χ1n) is 5.60. The van der Waals surface area contributed by atoms with Gasteiger partial charge < -0.3 is 15.4 Å². The quantitative estimate of drug-likeness (QED) is 0.765. The van der Waals surface area contributed by atoms with E-state index in [0.29, 0.717) is 12.6 Å². The molecule has 3 nitrogen and oxygen atoms in total. The van der Waals surface area contributed by atoms with Crippen molar-refractivity contribution in [3.05, 3.63) is 30.1 Å². The van der Waals surface area contributed by atoms with E-state index in [4.69, 9.17) is 10.5 Å². The number of ether oxygens (including phenoxy) is 1. The molecule has 1 heterocycles. The van der Waals surface area contributed by atoms with E-state index in [9.17, 15) is 4.39 Å². The minimum atomic E-state index is -0.234. The largest absolute Gasteiger partial charge is 0.494 e. The van der Waals surface area contributed by atoms with E-state index in [2.05, 4.69) is 4.90 Å². The number of benzene rings is 1. The third-order valence-corrected chi connectivity index (χ3v) is 2.69. The average molecular weight is 224 g/mol. The van der Waals surface area contributed by atoms with Crippen molar-refractivity contribution in [1.82, 2.24) is 4.90 Å². The highest BCUT2D eigenvalue weighted by atomic mass is 19.1. The molecular formula is C12H17FN2O. The van der Waals surface area contributed by atoms with Crippen LogP contribution in [0.25, 0.3) is 0 Å². The first kappa shape index (κ1) is 11.4. The second-order valence-electron chi connectivity index (χ2n) is 4.18. The van der Waals surface area contributed by atoms with E-state index < -0.39 is 0 Å². The van der Waals surface area contributed by atoms with Crippen LogP contribution in [0.15, 0.2) is 24.3 Å². The van der Waals surface area contributed by atoms with Gasteiger partial charge in [-0.1, -0.05) is 0 Å². The topological polar surface area (TPSA) is 38.5 Å². The molecule has 1 fully saturated rings. The van der Waals surface area contributed by atoms with Gasteiger partial charge in [-0.15, -0.1) is 0 Å². The summed E-state index contributed by atoms with van der Waals surface area (Å²) in [5.41, 5.74) is 5.67. The maximum atomic E-state index is 12.6. The van der Waals surface area contributed by atoms with Crippen molar-refractivity contribution in [2.24, 2.45) is 5.73 Å². The summed E-state index contributed by atoms with van der Waals surface area (Å²) in [4.78, 5) is 2.30. The Balaban J connectivity index is 1.59. The Hall–Kier alpha value is -1.13. The molecule has 1 aromatic rings. The van der Waals surface area contributed by atoms with Gasteiger partial charge in [-0.25, -0.2) is 4.39 Å². The van der Waals surface area contributed by atoms with E-state index >= 15 is 0 Å². The van der Waals surface area contributed by atoms with Gasteiger partial charge in [0.25, 0.3) is 0 Å². The predicted molar refractivity (Wildman–Crippen MR) is 60.9 cm³/mol. The molecule has 0 saturated carbocycles. The summed E-state index contributed by atoms with van der Waals surface area (Å²) in [6.07, 6.45) is 0.976. The Morgan fingerprint density at radius 3 is 2.62 bits per heavy atom. The third-order valence-electron chi connectivity index (χ3n) is 2.69. The van der Waals surface area contributed by atoms with E-state index in [1.165, 1.54) is 12.1 Å². The molecule has 0 amide bonds. The van der Waals surface area contributed by atoms with Gasteiger partial charge in [-0.05, 0) is 30.7 Å². The molecule has 0 bridgehead atoms. The van der Waals surface area contributed by atoms with Crippen molar-refractivity contribution >= 4 is 0 Å². The van der Waals surface area contributed by atoms with E-state index in [1.807, 2.05) is 0 Å². The Morgan fingerprint density at radius 1 is 1.31 bits per heavy atom. The minimum absolute atomic E-state index is 0.234. The molecular weight excluding hydrogens is 207 g/mol. The molecule has 1 saturated heterocycles. The number of halogens is 1. The summed E-state index contributed by atoms with van der Waals surface area (Å²) in [6.45, 7) is 3.68. The molecule has 88 valence electrons. The summed E-state index contributed by atoms with van der Waals surface area (Å²) in [7, 11) is 0. The first-order valence-corrected chi connectivity index (χ1v) is 5.60. The van der Waals surface area contributed by atoms with Gasteiger partial charge in [0.2, 0.25) is 0 Å². The summed E-state index contributed by atoms with van der Waals surface area (Å²) >= 11 is 0. The molecule has 0 spiro atoms. The monoisotopic (exact) mass is 224 g/mol. The van der Waals surface area contributed by atoms with Crippen LogP contribution >= 0.6 is 0 Å². The van der Waals surface area contributed by atoms with E-state index in [0.717, 1.165) is 31.8 Å². The lowest BCUT2D eigenvalue weighted by Crippen LogP contribution is -2.55. The molecule has 0 atom stereocenters. The fourth-order valence-corrected chi connectivity index (χ4v) is 1.80. The van der Waals surface area contributed by atoms with Crippen LogP contribution in [0, 0.1) is 5.82 Å². The number of nitrogens with zero attached hydrogens (tertiary/aromatic N) is 1. The molecule has 0 aromatic heterocycles. The third kappa shape index (κ3) is 3.18. The zero-order valence-corrected chi connectivity index (χ0v) is 9.23. The second-order valence-corrected chi connectivity index (χ2v) is 4.18. The summed E-state index contributed by atoms with van der Waals surface area (Å²) < 4.78 is 18.1. The van der Waals surface area contributed by atoms with E-state index in [-0.39, 0.29) is 5.82 Å². The van der Waals surface area contributed by atoms with Crippen molar-refractivity contribution in [3.8, 4) is 5.75 Å². The van der Waals surface area contributed by atoms with Gasteiger partial charge in [-0.3, -0.25) is 0 Å². The molecule has 0 aliphatic carbocycles. The zero-order chi connectivity index (χ0) is 11.4. The van der Waals surface area contributed by atoms with Crippen LogP contribution in [0.5, 0.6) is 5.75 Å². The summed E-state index contributed by atoms with van der Waals surface area (Å²) in [6, 6.07) is 6.47. The lowest BCUT2D eigenvalue weighted by Gasteiger charge is -2.36. The molecule has 0 radical (unpaired) electrons. The average Bonchev–Trinajstić information content (AvgIpc) is 2.24. The number of hydrogen-bond acceptors (Lipinski definition) is 3. The normalized spacial score (nSPS) is 17.1. The highest BCUT2D eigenvalue weighted by Gasteiger charge is 2.21.